The molecule has 1 atom stereocenters. The Morgan fingerprint density at radius 3 is 2.52 bits per heavy atom. The zero-order valence-corrected chi connectivity index (χ0v) is 13.9. The van der Waals surface area contributed by atoms with E-state index in [9.17, 15) is 0 Å². The van der Waals surface area contributed by atoms with Crippen molar-refractivity contribution in [3.63, 3.8) is 0 Å². The molecule has 0 bridgehead atoms. The predicted molar refractivity (Wildman–Crippen MR) is 92.1 cm³/mol. The molecule has 3 rings (SSSR count). The van der Waals surface area contributed by atoms with E-state index in [2.05, 4.69) is 60.9 Å². The van der Waals surface area contributed by atoms with Gasteiger partial charge in [0.25, 0.3) is 0 Å². The van der Waals surface area contributed by atoms with Crippen LogP contribution >= 0.6 is 11.3 Å². The van der Waals surface area contributed by atoms with Crippen LogP contribution in [0, 0.1) is 6.92 Å². The largest absolute Gasteiger partial charge is 0.309 e. The van der Waals surface area contributed by atoms with Crippen LogP contribution in [0.5, 0.6) is 0 Å². The summed E-state index contributed by atoms with van der Waals surface area (Å²) >= 11 is 1.87. The third kappa shape index (κ3) is 2.79. The Bertz CT molecular complexity index is 568. The topological polar surface area (TPSA) is 12.0 Å². The molecule has 2 aromatic rings. The van der Waals surface area contributed by atoms with Gasteiger partial charge in [0, 0.05) is 16.3 Å². The summed E-state index contributed by atoms with van der Waals surface area (Å²) in [6, 6.07) is 14.0. The van der Waals surface area contributed by atoms with Crippen molar-refractivity contribution in [1.29, 1.82) is 0 Å². The molecule has 1 unspecified atom stereocenters. The van der Waals surface area contributed by atoms with Crippen LogP contribution in [-0.4, -0.2) is 6.54 Å². The van der Waals surface area contributed by atoms with Crippen LogP contribution in [0.15, 0.2) is 41.8 Å². The summed E-state index contributed by atoms with van der Waals surface area (Å²) in [6.07, 6.45) is 5.13. The van der Waals surface area contributed by atoms with E-state index >= 15 is 0 Å². The fourth-order valence-corrected chi connectivity index (χ4v) is 4.34. The third-order valence-corrected chi connectivity index (χ3v) is 5.71. The summed E-state index contributed by atoms with van der Waals surface area (Å²) in [5.74, 6) is 0. The molecular formula is C19H25NS. The van der Waals surface area contributed by atoms with E-state index < -0.39 is 0 Å². The van der Waals surface area contributed by atoms with Gasteiger partial charge in [0.2, 0.25) is 0 Å². The van der Waals surface area contributed by atoms with Crippen molar-refractivity contribution in [3.05, 3.63) is 57.8 Å². The maximum Gasteiger partial charge on any atom is 0.0426 e. The first-order chi connectivity index (χ1) is 10.3. The molecule has 0 radical (unpaired) electrons. The molecule has 0 amide bonds. The fourth-order valence-electron chi connectivity index (χ4n) is 3.61. The predicted octanol–water partition coefficient (Wildman–Crippen LogP) is 5.22. The lowest BCUT2D eigenvalue weighted by Gasteiger charge is -2.49. The smallest absolute Gasteiger partial charge is 0.0426 e. The number of aryl methyl sites for hydroxylation is 1. The summed E-state index contributed by atoms with van der Waals surface area (Å²) in [5, 5.41) is 6.20. The molecule has 1 aliphatic carbocycles. The second-order valence-electron chi connectivity index (χ2n) is 6.25. The van der Waals surface area contributed by atoms with E-state index in [1.807, 2.05) is 11.3 Å². The lowest BCUT2D eigenvalue weighted by atomic mass is 9.59. The molecule has 1 N–H and O–H groups in total. The summed E-state index contributed by atoms with van der Waals surface area (Å²) in [4.78, 5) is 1.41. The zero-order chi connectivity index (χ0) is 14.7. The number of benzene rings is 1. The molecule has 1 heterocycles. The third-order valence-electron chi connectivity index (χ3n) is 4.83. The van der Waals surface area contributed by atoms with Crippen LogP contribution < -0.4 is 5.32 Å². The average Bonchev–Trinajstić information content (AvgIpc) is 2.89. The van der Waals surface area contributed by atoms with Gasteiger partial charge in [-0.25, -0.2) is 0 Å². The van der Waals surface area contributed by atoms with Crippen LogP contribution in [0.1, 0.15) is 54.7 Å². The Hall–Kier alpha value is -1.12. The van der Waals surface area contributed by atoms with Gasteiger partial charge in [-0.15, -0.1) is 11.3 Å². The Morgan fingerprint density at radius 1 is 1.24 bits per heavy atom. The van der Waals surface area contributed by atoms with Crippen LogP contribution in [0.4, 0.5) is 0 Å². The van der Waals surface area contributed by atoms with E-state index in [0.717, 1.165) is 6.54 Å². The van der Waals surface area contributed by atoms with Gasteiger partial charge in [-0.2, -0.15) is 0 Å². The van der Waals surface area contributed by atoms with Gasteiger partial charge in [-0.05, 0) is 55.3 Å². The monoisotopic (exact) mass is 299 g/mol. The van der Waals surface area contributed by atoms with Gasteiger partial charge in [0.05, 0.1) is 0 Å². The minimum atomic E-state index is 0.296. The fraction of sp³-hybridized carbons (Fsp3) is 0.474. The molecule has 1 aromatic heterocycles. The first-order valence-corrected chi connectivity index (χ1v) is 8.98. The quantitative estimate of drug-likeness (QED) is 0.771. The zero-order valence-electron chi connectivity index (χ0n) is 13.1. The van der Waals surface area contributed by atoms with Crippen LogP contribution in [-0.2, 0) is 5.41 Å². The molecule has 1 fully saturated rings. The van der Waals surface area contributed by atoms with E-state index in [4.69, 9.17) is 0 Å². The standard InChI is InChI=1S/C19H25NS/c1-3-12-20-18(16-13-15(2)21-14-16)19(10-7-11-19)17-8-5-4-6-9-17/h4-6,8-9,13-14,18,20H,3,7,10-12H2,1-2H3. The highest BCUT2D eigenvalue weighted by Crippen LogP contribution is 2.52. The molecule has 0 saturated heterocycles. The van der Waals surface area contributed by atoms with E-state index in [-0.39, 0.29) is 0 Å². The Balaban J connectivity index is 1.97. The molecule has 1 aliphatic rings. The van der Waals surface area contributed by atoms with E-state index in [1.54, 1.807) is 0 Å². The average molecular weight is 299 g/mol. The number of thiophene rings is 1. The van der Waals surface area contributed by atoms with Crippen molar-refractivity contribution in [2.24, 2.45) is 0 Å². The van der Waals surface area contributed by atoms with Crippen molar-refractivity contribution in [3.8, 4) is 0 Å². The van der Waals surface area contributed by atoms with Crippen molar-refractivity contribution >= 4 is 11.3 Å². The Kier molecular flexibility index (Phi) is 4.46. The van der Waals surface area contributed by atoms with Gasteiger partial charge in [-0.3, -0.25) is 0 Å². The van der Waals surface area contributed by atoms with Gasteiger partial charge in [-0.1, -0.05) is 43.7 Å². The molecule has 1 nitrogen and oxygen atoms in total. The molecule has 1 aromatic carbocycles. The van der Waals surface area contributed by atoms with Crippen LogP contribution in [0.3, 0.4) is 0 Å². The summed E-state index contributed by atoms with van der Waals surface area (Å²) < 4.78 is 0. The SMILES string of the molecule is CCCNC(c1csc(C)c1)C1(c2ccccc2)CCC1. The van der Waals surface area contributed by atoms with Crippen molar-refractivity contribution in [2.45, 2.75) is 51.0 Å². The molecule has 112 valence electrons. The molecule has 1 saturated carbocycles. The summed E-state index contributed by atoms with van der Waals surface area (Å²) in [5.41, 5.74) is 3.28. The molecule has 0 spiro atoms. The van der Waals surface area contributed by atoms with Crippen LogP contribution in [0.25, 0.3) is 0 Å². The highest BCUT2D eigenvalue weighted by Gasteiger charge is 2.45. The highest BCUT2D eigenvalue weighted by atomic mass is 32.1. The lowest BCUT2D eigenvalue weighted by Crippen LogP contribution is -2.46. The number of hydrogen-bond acceptors (Lipinski definition) is 2. The van der Waals surface area contributed by atoms with Gasteiger partial charge in [0.15, 0.2) is 0 Å². The minimum Gasteiger partial charge on any atom is -0.309 e. The molecule has 21 heavy (non-hydrogen) atoms. The first kappa shape index (κ1) is 14.8. The van der Waals surface area contributed by atoms with Crippen molar-refractivity contribution in [2.75, 3.05) is 6.54 Å². The lowest BCUT2D eigenvalue weighted by molar-refractivity contribution is 0.170. The number of hydrogen-bond donors (Lipinski definition) is 1. The van der Waals surface area contributed by atoms with E-state index in [0.29, 0.717) is 11.5 Å². The maximum atomic E-state index is 3.85. The second-order valence-corrected chi connectivity index (χ2v) is 7.37. The first-order valence-electron chi connectivity index (χ1n) is 8.10. The summed E-state index contributed by atoms with van der Waals surface area (Å²) in [7, 11) is 0. The minimum absolute atomic E-state index is 0.296. The Labute approximate surface area is 132 Å². The van der Waals surface area contributed by atoms with Gasteiger partial charge < -0.3 is 5.32 Å². The van der Waals surface area contributed by atoms with E-state index in [1.165, 1.54) is 41.7 Å². The highest BCUT2D eigenvalue weighted by molar-refractivity contribution is 7.10. The number of nitrogens with one attached hydrogen (secondary N) is 1. The van der Waals surface area contributed by atoms with Gasteiger partial charge in [0.1, 0.15) is 0 Å². The normalized spacial score (nSPS) is 18.2. The van der Waals surface area contributed by atoms with Crippen molar-refractivity contribution in [1.82, 2.24) is 5.32 Å². The molecule has 0 aliphatic heterocycles. The Morgan fingerprint density at radius 2 is 2.00 bits per heavy atom. The van der Waals surface area contributed by atoms with Gasteiger partial charge >= 0.3 is 0 Å². The van der Waals surface area contributed by atoms with Crippen molar-refractivity contribution < 1.29 is 0 Å². The number of rotatable bonds is 6. The van der Waals surface area contributed by atoms with Crippen LogP contribution in [0.2, 0.25) is 0 Å². The summed E-state index contributed by atoms with van der Waals surface area (Å²) in [6.45, 7) is 5.55. The second kappa shape index (κ2) is 6.33. The maximum absolute atomic E-state index is 3.85. The molecule has 2 heteroatoms. The molecular weight excluding hydrogens is 274 g/mol.